The van der Waals surface area contributed by atoms with Gasteiger partial charge in [0.25, 0.3) is 0 Å². The van der Waals surface area contributed by atoms with Crippen LogP contribution in [-0.2, 0) is 4.74 Å². The lowest BCUT2D eigenvalue weighted by molar-refractivity contribution is 0.202. The Morgan fingerprint density at radius 3 is 2.61 bits per heavy atom. The van der Waals surface area contributed by atoms with E-state index in [1.807, 2.05) is 0 Å². The van der Waals surface area contributed by atoms with Crippen molar-refractivity contribution in [2.75, 3.05) is 38.3 Å². The van der Waals surface area contributed by atoms with Gasteiger partial charge in [-0.1, -0.05) is 0 Å². The molecule has 0 saturated carbocycles. The topological polar surface area (TPSA) is 56.5 Å². The molecule has 1 aromatic carbocycles. The molecule has 0 fully saturated rings. The smallest absolute Gasteiger partial charge is 0.183 e. The van der Waals surface area contributed by atoms with Gasteiger partial charge in [0.05, 0.1) is 24.5 Å². The highest BCUT2D eigenvalue weighted by Gasteiger charge is 2.17. The van der Waals surface area contributed by atoms with Gasteiger partial charge in [-0.15, -0.1) is 0 Å². The molecule has 18 heavy (non-hydrogen) atoms. The fourth-order valence-corrected chi connectivity index (χ4v) is 1.54. The fraction of sp³-hybridized carbons (Fsp3) is 0.417. The molecule has 0 aliphatic rings. The quantitative estimate of drug-likeness (QED) is 0.833. The van der Waals surface area contributed by atoms with Crippen LogP contribution in [0.5, 0.6) is 0 Å². The Morgan fingerprint density at radius 2 is 2.06 bits per heavy atom. The molecule has 1 aromatic rings. The van der Waals surface area contributed by atoms with E-state index < -0.39 is 11.6 Å². The van der Waals surface area contributed by atoms with E-state index in [4.69, 9.17) is 15.1 Å². The van der Waals surface area contributed by atoms with Gasteiger partial charge >= 0.3 is 0 Å². The average molecular weight is 256 g/mol. The molecule has 1 rings (SSSR count). The zero-order valence-corrected chi connectivity index (χ0v) is 9.99. The molecule has 0 atom stereocenters. The lowest BCUT2D eigenvalue weighted by atomic mass is 10.2. The van der Waals surface area contributed by atoms with Crippen LogP contribution < -0.4 is 4.90 Å². The van der Waals surface area contributed by atoms with Crippen LogP contribution in [0, 0.1) is 23.0 Å². The minimum Gasteiger partial charge on any atom is -0.395 e. The summed E-state index contributed by atoms with van der Waals surface area (Å²) in [6, 6.07) is 4.10. The molecule has 0 bridgehead atoms. The summed E-state index contributed by atoms with van der Waals surface area (Å²) in [6.45, 7) is 0.608. The summed E-state index contributed by atoms with van der Waals surface area (Å²) in [6.07, 6.45) is 0. The maximum atomic E-state index is 13.8. The van der Waals surface area contributed by atoms with E-state index in [9.17, 15) is 8.78 Å². The van der Waals surface area contributed by atoms with Gasteiger partial charge in [0.1, 0.15) is 6.07 Å². The van der Waals surface area contributed by atoms with E-state index in [2.05, 4.69) is 0 Å². The maximum absolute atomic E-state index is 13.8. The summed E-state index contributed by atoms with van der Waals surface area (Å²) in [4.78, 5) is 1.46. The first kappa shape index (κ1) is 14.4. The first-order chi connectivity index (χ1) is 8.65. The molecule has 0 heterocycles. The molecule has 0 aromatic heterocycles. The molecule has 0 aliphatic heterocycles. The largest absolute Gasteiger partial charge is 0.395 e. The summed E-state index contributed by atoms with van der Waals surface area (Å²) in [5.41, 5.74) is -0.329. The molecule has 0 amide bonds. The Kier molecular flexibility index (Phi) is 5.49. The van der Waals surface area contributed by atoms with Crippen LogP contribution in [0.2, 0.25) is 0 Å². The fourth-order valence-electron chi connectivity index (χ4n) is 1.54. The molecule has 0 spiro atoms. The highest BCUT2D eigenvalue weighted by Crippen LogP contribution is 2.23. The van der Waals surface area contributed by atoms with Crippen LogP contribution in [0.15, 0.2) is 12.1 Å². The molecular weight excluding hydrogens is 242 g/mol. The standard InChI is InChI=1S/C12H14F2N2O2/c1-18-7-5-16(4-6-17)10-3-2-9(8-15)11(13)12(10)14/h2-3,17H,4-7H2,1H3. The molecule has 4 nitrogen and oxygen atoms in total. The Bertz CT molecular complexity index is 446. The monoisotopic (exact) mass is 256 g/mol. The summed E-state index contributed by atoms with van der Waals surface area (Å²) in [5, 5.41) is 17.5. The van der Waals surface area contributed by atoms with Crippen LogP contribution in [0.4, 0.5) is 14.5 Å². The number of methoxy groups -OCH3 is 1. The number of hydrogen-bond acceptors (Lipinski definition) is 4. The van der Waals surface area contributed by atoms with E-state index in [0.717, 1.165) is 0 Å². The van der Waals surface area contributed by atoms with E-state index in [-0.39, 0.29) is 24.4 Å². The lowest BCUT2D eigenvalue weighted by Gasteiger charge is -2.24. The lowest BCUT2D eigenvalue weighted by Crippen LogP contribution is -2.31. The van der Waals surface area contributed by atoms with Crippen molar-refractivity contribution < 1.29 is 18.6 Å². The Morgan fingerprint density at radius 1 is 1.33 bits per heavy atom. The third-order valence-corrected chi connectivity index (χ3v) is 2.46. The number of ether oxygens (including phenoxy) is 1. The number of nitrogens with zero attached hydrogens (tertiary/aromatic N) is 2. The van der Waals surface area contributed by atoms with Gasteiger partial charge in [0.2, 0.25) is 0 Å². The molecule has 6 heteroatoms. The number of nitriles is 1. The highest BCUT2D eigenvalue weighted by atomic mass is 19.2. The SMILES string of the molecule is COCCN(CCO)c1ccc(C#N)c(F)c1F. The maximum Gasteiger partial charge on any atom is 0.183 e. The number of rotatable bonds is 6. The van der Waals surface area contributed by atoms with Crippen LogP contribution in [0.3, 0.4) is 0 Å². The summed E-state index contributed by atoms with van der Waals surface area (Å²) < 4.78 is 32.1. The third kappa shape index (κ3) is 3.15. The minimum absolute atomic E-state index is 0.0117. The Labute approximate surface area is 104 Å². The van der Waals surface area contributed by atoms with E-state index in [1.54, 1.807) is 6.07 Å². The number of aliphatic hydroxyl groups excluding tert-OH is 1. The number of aliphatic hydroxyl groups is 1. The summed E-state index contributed by atoms with van der Waals surface area (Å²) >= 11 is 0. The molecule has 1 N–H and O–H groups in total. The molecule has 98 valence electrons. The second-order valence-corrected chi connectivity index (χ2v) is 3.58. The highest BCUT2D eigenvalue weighted by molar-refractivity contribution is 5.52. The van der Waals surface area contributed by atoms with Crippen LogP contribution in [0.25, 0.3) is 0 Å². The Balaban J connectivity index is 3.05. The second kappa shape index (κ2) is 6.89. The first-order valence-electron chi connectivity index (χ1n) is 5.38. The zero-order valence-electron chi connectivity index (χ0n) is 9.99. The predicted molar refractivity (Wildman–Crippen MR) is 62.2 cm³/mol. The van der Waals surface area contributed by atoms with Crippen molar-refractivity contribution in [2.45, 2.75) is 0 Å². The van der Waals surface area contributed by atoms with Crippen LogP contribution in [-0.4, -0.2) is 38.5 Å². The Hall–Kier alpha value is -1.71. The normalized spacial score (nSPS) is 10.2. The van der Waals surface area contributed by atoms with Crippen molar-refractivity contribution in [1.29, 1.82) is 5.26 Å². The zero-order chi connectivity index (χ0) is 13.5. The van der Waals surface area contributed by atoms with Crippen molar-refractivity contribution in [1.82, 2.24) is 0 Å². The van der Waals surface area contributed by atoms with Gasteiger partial charge in [-0.3, -0.25) is 0 Å². The third-order valence-electron chi connectivity index (χ3n) is 2.46. The average Bonchev–Trinajstić information content (AvgIpc) is 2.38. The summed E-state index contributed by atoms with van der Waals surface area (Å²) in [7, 11) is 1.49. The van der Waals surface area contributed by atoms with Crippen molar-refractivity contribution >= 4 is 5.69 Å². The van der Waals surface area contributed by atoms with Gasteiger partial charge < -0.3 is 14.7 Å². The van der Waals surface area contributed by atoms with Gasteiger partial charge in [-0.25, -0.2) is 8.78 Å². The second-order valence-electron chi connectivity index (χ2n) is 3.58. The summed E-state index contributed by atoms with van der Waals surface area (Å²) in [5.74, 6) is -2.26. The first-order valence-corrected chi connectivity index (χ1v) is 5.38. The van der Waals surface area contributed by atoms with E-state index in [0.29, 0.717) is 13.2 Å². The number of benzene rings is 1. The van der Waals surface area contributed by atoms with Crippen molar-refractivity contribution in [3.05, 3.63) is 29.3 Å². The van der Waals surface area contributed by atoms with Gasteiger partial charge in [-0.05, 0) is 12.1 Å². The molecule has 0 aliphatic carbocycles. The predicted octanol–water partition coefficient (Wildman–Crippen LogP) is 1.28. The molecule has 0 unspecified atom stereocenters. The van der Waals surface area contributed by atoms with Crippen molar-refractivity contribution in [2.24, 2.45) is 0 Å². The van der Waals surface area contributed by atoms with Gasteiger partial charge in [-0.2, -0.15) is 5.26 Å². The van der Waals surface area contributed by atoms with E-state index >= 15 is 0 Å². The molecular formula is C12H14F2N2O2. The molecule has 0 radical (unpaired) electrons. The van der Waals surface area contributed by atoms with Crippen LogP contribution in [0.1, 0.15) is 5.56 Å². The van der Waals surface area contributed by atoms with Crippen molar-refractivity contribution in [3.8, 4) is 6.07 Å². The number of hydrogen-bond donors (Lipinski definition) is 1. The van der Waals surface area contributed by atoms with Crippen molar-refractivity contribution in [3.63, 3.8) is 0 Å². The van der Waals surface area contributed by atoms with Gasteiger partial charge in [0, 0.05) is 20.2 Å². The number of anilines is 1. The number of halogens is 2. The molecule has 0 saturated heterocycles. The minimum atomic E-state index is -1.17. The van der Waals surface area contributed by atoms with Crippen LogP contribution >= 0.6 is 0 Å². The van der Waals surface area contributed by atoms with Gasteiger partial charge in [0.15, 0.2) is 11.6 Å². The van der Waals surface area contributed by atoms with E-state index in [1.165, 1.54) is 24.1 Å².